The number of hydrogen-bond acceptors (Lipinski definition) is 1. The van der Waals surface area contributed by atoms with E-state index >= 15 is 0 Å². The van der Waals surface area contributed by atoms with Crippen LogP contribution in [0.3, 0.4) is 0 Å². The van der Waals surface area contributed by atoms with E-state index in [9.17, 15) is 5.11 Å². The Balaban J connectivity index is -0.000000127. The molecule has 0 aromatic rings. The number of halogens is 1. The molecule has 0 rings (SSSR count). The van der Waals surface area contributed by atoms with Gasteiger partial charge < -0.3 is 7.96 Å². The fraction of sp³-hybridized carbons (Fsp3) is 1.00. The van der Waals surface area contributed by atoms with E-state index in [1.54, 1.807) is 0 Å². The van der Waals surface area contributed by atoms with Crippen molar-refractivity contribution in [2.24, 2.45) is 0 Å². The second kappa shape index (κ2) is 30.0. The van der Waals surface area contributed by atoms with Crippen LogP contribution in [0, 0.1) is 0 Å². The van der Waals surface area contributed by atoms with Crippen LogP contribution < -0.4 is 0 Å². The van der Waals surface area contributed by atoms with E-state index in [1.165, 1.54) is 102 Å². The molecule has 0 saturated heterocycles. The minimum atomic E-state index is -0.0248. The molecule has 0 bridgehead atoms. The average molecular weight is 434 g/mol. The summed E-state index contributed by atoms with van der Waals surface area (Å²) < 4.78 is 0. The molecule has 0 fully saturated rings. The molecule has 3 heteroatoms. The molecule has 1 N–H and O–H groups in total. The van der Waals surface area contributed by atoms with Gasteiger partial charge in [-0.25, -0.2) is 0 Å². The smallest absolute Gasteiger partial charge is 1.00 e. The molecule has 0 aromatic carbocycles. The van der Waals surface area contributed by atoms with E-state index in [4.69, 9.17) is 0 Å². The van der Waals surface area contributed by atoms with Crippen molar-refractivity contribution < 1.29 is 7.96 Å². The standard InChI is InChI=1S/C15H32O.C7H15Br.Mg.2H/c1-3-5-7-9-11-13-15(16)14-12-10-8-6-4-2;1-2-3-4-5-6-7-8;;;/h15-16H,3-14H2,1-2H3;2-7H2,1H3;;;/q;;+2;2*-1. The molecule has 0 atom stereocenters. The summed E-state index contributed by atoms with van der Waals surface area (Å²) in [7, 11) is 0. The van der Waals surface area contributed by atoms with Crippen LogP contribution in [-0.4, -0.2) is 39.6 Å². The van der Waals surface area contributed by atoms with Crippen molar-refractivity contribution in [2.75, 3.05) is 5.33 Å². The van der Waals surface area contributed by atoms with Crippen LogP contribution in [-0.2, 0) is 0 Å². The Hall–Kier alpha value is 1.21. The van der Waals surface area contributed by atoms with Crippen molar-refractivity contribution in [3.63, 3.8) is 0 Å². The first-order valence-electron chi connectivity index (χ1n) is 11.0. The average Bonchev–Trinajstić information content (AvgIpc) is 2.59. The van der Waals surface area contributed by atoms with E-state index < -0.39 is 0 Å². The SMILES string of the molecule is CCCCCCCBr.CCCCCCCC(O)CCCCCCC.[H-].[H-].[Mg+2]. The van der Waals surface area contributed by atoms with Gasteiger partial charge in [-0.3, -0.25) is 0 Å². The number of aliphatic hydroxyl groups is 1. The van der Waals surface area contributed by atoms with Crippen LogP contribution >= 0.6 is 15.9 Å². The zero-order valence-electron chi connectivity index (χ0n) is 19.8. The van der Waals surface area contributed by atoms with Crippen LogP contribution in [0.15, 0.2) is 0 Å². The Morgan fingerprint density at radius 3 is 1.24 bits per heavy atom. The second-order valence-corrected chi connectivity index (χ2v) is 7.96. The van der Waals surface area contributed by atoms with E-state index in [2.05, 4.69) is 36.7 Å². The topological polar surface area (TPSA) is 20.2 Å². The van der Waals surface area contributed by atoms with Gasteiger partial charge in [0.1, 0.15) is 0 Å². The van der Waals surface area contributed by atoms with E-state index in [-0.39, 0.29) is 32.0 Å². The Labute approximate surface area is 187 Å². The van der Waals surface area contributed by atoms with Crippen LogP contribution in [0.1, 0.15) is 133 Å². The summed E-state index contributed by atoms with van der Waals surface area (Å²) in [5.74, 6) is 0. The molecule has 0 saturated carbocycles. The van der Waals surface area contributed by atoms with E-state index in [1.807, 2.05) is 0 Å². The molecule has 152 valence electrons. The first-order chi connectivity index (χ1) is 11.7. The number of hydrogen-bond donors (Lipinski definition) is 1. The number of rotatable bonds is 17. The first kappa shape index (κ1) is 30.9. The summed E-state index contributed by atoms with van der Waals surface area (Å²) in [6.45, 7) is 6.73. The Bertz CT molecular complexity index is 193. The maximum absolute atomic E-state index is 9.76. The maximum atomic E-state index is 9.76. The molecule has 0 aliphatic heterocycles. The normalized spacial score (nSPS) is 10.3. The third-order valence-corrected chi connectivity index (χ3v) is 5.08. The van der Waals surface area contributed by atoms with Gasteiger partial charge in [0.05, 0.1) is 6.10 Å². The van der Waals surface area contributed by atoms with Gasteiger partial charge >= 0.3 is 23.1 Å². The second-order valence-electron chi connectivity index (χ2n) is 7.16. The van der Waals surface area contributed by atoms with Gasteiger partial charge in [-0.2, -0.15) is 0 Å². The van der Waals surface area contributed by atoms with E-state index in [0.717, 1.165) is 12.8 Å². The van der Waals surface area contributed by atoms with Gasteiger partial charge in [0, 0.05) is 5.33 Å². The van der Waals surface area contributed by atoms with E-state index in [0.29, 0.717) is 0 Å². The predicted molar refractivity (Wildman–Crippen MR) is 123 cm³/mol. The summed E-state index contributed by atoms with van der Waals surface area (Å²) in [6, 6.07) is 0. The molecule has 0 amide bonds. The number of unbranched alkanes of at least 4 members (excludes halogenated alkanes) is 12. The van der Waals surface area contributed by atoms with Crippen LogP contribution in [0.5, 0.6) is 0 Å². The van der Waals surface area contributed by atoms with Crippen molar-refractivity contribution in [1.82, 2.24) is 0 Å². The van der Waals surface area contributed by atoms with Crippen molar-refractivity contribution in [3.05, 3.63) is 0 Å². The van der Waals surface area contributed by atoms with Gasteiger partial charge in [-0.1, -0.05) is 127 Å². The summed E-state index contributed by atoms with van der Waals surface area (Å²) in [6.07, 6.45) is 22.0. The molecule has 1 nitrogen and oxygen atoms in total. The molecular weight excluding hydrogens is 384 g/mol. The monoisotopic (exact) mass is 432 g/mol. The van der Waals surface area contributed by atoms with Gasteiger partial charge in [0.15, 0.2) is 0 Å². The maximum Gasteiger partial charge on any atom is 2.00 e. The number of aliphatic hydroxyl groups excluding tert-OH is 1. The van der Waals surface area contributed by atoms with Gasteiger partial charge in [0.2, 0.25) is 0 Å². The molecular formula is C22H49BrMgO. The van der Waals surface area contributed by atoms with Crippen LogP contribution in [0.25, 0.3) is 0 Å². The summed E-state index contributed by atoms with van der Waals surface area (Å²) in [5.41, 5.74) is 0. The predicted octanol–water partition coefficient (Wildman–Crippen LogP) is 8.26. The third-order valence-electron chi connectivity index (χ3n) is 4.52. The molecule has 0 heterocycles. The van der Waals surface area contributed by atoms with Gasteiger partial charge in [-0.05, 0) is 19.3 Å². The van der Waals surface area contributed by atoms with Gasteiger partial charge in [-0.15, -0.1) is 0 Å². The zero-order chi connectivity index (χ0) is 18.3. The summed E-state index contributed by atoms with van der Waals surface area (Å²) in [5, 5.41) is 10.9. The summed E-state index contributed by atoms with van der Waals surface area (Å²) in [4.78, 5) is 0. The molecule has 0 aliphatic carbocycles. The Morgan fingerprint density at radius 1 is 0.600 bits per heavy atom. The Kier molecular flexibility index (Phi) is 37.0. The molecule has 0 radical (unpaired) electrons. The van der Waals surface area contributed by atoms with Crippen molar-refractivity contribution in [2.45, 2.75) is 136 Å². The molecule has 0 spiro atoms. The fourth-order valence-electron chi connectivity index (χ4n) is 2.81. The largest absolute Gasteiger partial charge is 2.00 e. The molecule has 0 unspecified atom stereocenters. The van der Waals surface area contributed by atoms with Crippen LogP contribution in [0.2, 0.25) is 0 Å². The van der Waals surface area contributed by atoms with Gasteiger partial charge in [0.25, 0.3) is 0 Å². The van der Waals surface area contributed by atoms with Crippen molar-refractivity contribution in [3.8, 4) is 0 Å². The first-order valence-corrected chi connectivity index (χ1v) is 12.1. The zero-order valence-corrected chi connectivity index (χ0v) is 20.8. The summed E-state index contributed by atoms with van der Waals surface area (Å²) >= 11 is 3.40. The molecule has 25 heavy (non-hydrogen) atoms. The van der Waals surface area contributed by atoms with Crippen LogP contribution in [0.4, 0.5) is 0 Å². The Morgan fingerprint density at radius 2 is 0.920 bits per heavy atom. The minimum Gasteiger partial charge on any atom is -1.00 e. The van der Waals surface area contributed by atoms with Crippen molar-refractivity contribution >= 4 is 39.0 Å². The number of alkyl halides is 1. The quantitative estimate of drug-likeness (QED) is 0.139. The fourth-order valence-corrected chi connectivity index (χ4v) is 3.21. The molecule has 0 aliphatic rings. The van der Waals surface area contributed by atoms with Crippen molar-refractivity contribution in [1.29, 1.82) is 0 Å². The third kappa shape index (κ3) is 33.2. The molecule has 0 aromatic heterocycles. The minimum absolute atomic E-state index is 0.